The van der Waals surface area contributed by atoms with E-state index in [4.69, 9.17) is 17.3 Å². The van der Waals surface area contributed by atoms with Crippen molar-refractivity contribution in [3.63, 3.8) is 0 Å². The third kappa shape index (κ3) is 3.76. The number of carbonyl (C=O) groups is 1. The highest BCUT2D eigenvalue weighted by Gasteiger charge is 2.24. The normalized spacial score (nSPS) is 13.7. The number of halogens is 1. The summed E-state index contributed by atoms with van der Waals surface area (Å²) >= 11 is 5.91. The number of nitrogens with two attached hydrogens (primary N) is 1. The van der Waals surface area contributed by atoms with Crippen LogP contribution in [0.4, 0.5) is 5.69 Å². The maximum absolute atomic E-state index is 11.8. The fraction of sp³-hybridized carbons (Fsp3) is 0.357. The van der Waals surface area contributed by atoms with Gasteiger partial charge in [-0.25, -0.2) is 0 Å². The molecule has 18 heavy (non-hydrogen) atoms. The number of rotatable bonds is 3. The lowest BCUT2D eigenvalue weighted by Crippen LogP contribution is -2.12. The number of hydrogen-bond acceptors (Lipinski definition) is 2. The molecule has 0 atom stereocenters. The molecule has 1 amide bonds. The molecule has 94 valence electrons. The third-order valence-corrected chi connectivity index (χ3v) is 2.99. The summed E-state index contributed by atoms with van der Waals surface area (Å²) in [5, 5.41) is 3.47. The summed E-state index contributed by atoms with van der Waals surface area (Å²) in [6, 6.07) is 5.24. The Bertz CT molecular complexity index is 512. The summed E-state index contributed by atoms with van der Waals surface area (Å²) in [4.78, 5) is 11.8. The molecule has 1 aromatic rings. The lowest BCUT2D eigenvalue weighted by molar-refractivity contribution is -0.116. The van der Waals surface area contributed by atoms with Gasteiger partial charge in [0.2, 0.25) is 5.91 Å². The lowest BCUT2D eigenvalue weighted by atomic mass is 10.1. The molecule has 0 aromatic heterocycles. The van der Waals surface area contributed by atoms with Crippen LogP contribution in [0.1, 0.15) is 24.8 Å². The molecule has 1 aliphatic rings. The van der Waals surface area contributed by atoms with Crippen molar-refractivity contribution in [3.8, 4) is 11.8 Å². The Labute approximate surface area is 112 Å². The van der Waals surface area contributed by atoms with Crippen molar-refractivity contribution in [1.82, 2.24) is 0 Å². The Balaban J connectivity index is 2.12. The first kappa shape index (κ1) is 12.9. The summed E-state index contributed by atoms with van der Waals surface area (Å²) < 4.78 is 0. The van der Waals surface area contributed by atoms with Gasteiger partial charge in [-0.1, -0.05) is 23.4 Å². The third-order valence-electron chi connectivity index (χ3n) is 2.75. The van der Waals surface area contributed by atoms with Crippen LogP contribution in [-0.2, 0) is 4.79 Å². The SMILES string of the molecule is NCC#Cc1cc(Cl)ccc1NC(=O)CC1CC1. The topological polar surface area (TPSA) is 55.1 Å². The Kier molecular flexibility index (Phi) is 4.24. The second-order valence-corrected chi connectivity index (χ2v) is 4.83. The molecule has 4 heteroatoms. The van der Waals surface area contributed by atoms with E-state index >= 15 is 0 Å². The van der Waals surface area contributed by atoms with Crippen molar-refractivity contribution >= 4 is 23.2 Å². The second kappa shape index (κ2) is 5.90. The molecule has 1 aromatic carbocycles. The standard InChI is InChI=1S/C14H15ClN2O/c15-12-5-6-13(11(9-12)2-1-7-16)17-14(18)8-10-3-4-10/h5-6,9-10H,3-4,7-8,16H2,(H,17,18). The van der Waals surface area contributed by atoms with Crippen molar-refractivity contribution in [2.24, 2.45) is 11.7 Å². The van der Waals surface area contributed by atoms with Crippen LogP contribution in [0.3, 0.4) is 0 Å². The van der Waals surface area contributed by atoms with Crippen LogP contribution in [0, 0.1) is 17.8 Å². The zero-order valence-corrected chi connectivity index (χ0v) is 10.8. The quantitative estimate of drug-likeness (QED) is 0.822. The molecule has 0 radical (unpaired) electrons. The van der Waals surface area contributed by atoms with Gasteiger partial charge in [0.1, 0.15) is 0 Å². The van der Waals surface area contributed by atoms with Gasteiger partial charge >= 0.3 is 0 Å². The molecule has 1 aliphatic carbocycles. The molecule has 2 rings (SSSR count). The second-order valence-electron chi connectivity index (χ2n) is 4.39. The molecule has 0 bridgehead atoms. The van der Waals surface area contributed by atoms with Crippen LogP contribution in [0.5, 0.6) is 0 Å². The predicted octanol–water partition coefficient (Wildman–Crippen LogP) is 2.39. The van der Waals surface area contributed by atoms with Gasteiger partial charge in [-0.05, 0) is 37.0 Å². The van der Waals surface area contributed by atoms with E-state index < -0.39 is 0 Å². The lowest BCUT2D eigenvalue weighted by Gasteiger charge is -2.07. The number of nitrogens with one attached hydrogen (secondary N) is 1. The van der Waals surface area contributed by atoms with Gasteiger partial charge in [0.15, 0.2) is 0 Å². The highest BCUT2D eigenvalue weighted by atomic mass is 35.5. The zero-order chi connectivity index (χ0) is 13.0. The number of carbonyl (C=O) groups excluding carboxylic acids is 1. The highest BCUT2D eigenvalue weighted by Crippen LogP contribution is 2.32. The molecule has 0 saturated heterocycles. The number of benzene rings is 1. The van der Waals surface area contributed by atoms with Crippen molar-refractivity contribution in [3.05, 3.63) is 28.8 Å². The van der Waals surface area contributed by atoms with E-state index in [1.54, 1.807) is 18.2 Å². The van der Waals surface area contributed by atoms with Crippen LogP contribution in [-0.4, -0.2) is 12.5 Å². The summed E-state index contributed by atoms with van der Waals surface area (Å²) in [7, 11) is 0. The predicted molar refractivity (Wildman–Crippen MR) is 73.4 cm³/mol. The van der Waals surface area contributed by atoms with Crippen molar-refractivity contribution in [2.75, 3.05) is 11.9 Å². The van der Waals surface area contributed by atoms with Crippen molar-refractivity contribution in [2.45, 2.75) is 19.3 Å². The number of anilines is 1. The number of amides is 1. The molecular formula is C14H15ClN2O. The smallest absolute Gasteiger partial charge is 0.224 e. The van der Waals surface area contributed by atoms with E-state index in [2.05, 4.69) is 17.2 Å². The monoisotopic (exact) mass is 262 g/mol. The van der Waals surface area contributed by atoms with E-state index in [9.17, 15) is 4.79 Å². The molecule has 1 fully saturated rings. The maximum atomic E-state index is 11.8. The molecule has 3 N–H and O–H groups in total. The molecule has 0 spiro atoms. The van der Waals surface area contributed by atoms with E-state index in [1.807, 2.05) is 0 Å². The minimum atomic E-state index is 0.0376. The minimum absolute atomic E-state index is 0.0376. The van der Waals surface area contributed by atoms with Gasteiger partial charge < -0.3 is 11.1 Å². The fourth-order valence-corrected chi connectivity index (χ4v) is 1.83. The van der Waals surface area contributed by atoms with Gasteiger partial charge in [0.25, 0.3) is 0 Å². The highest BCUT2D eigenvalue weighted by molar-refractivity contribution is 6.30. The summed E-state index contributed by atoms with van der Waals surface area (Å²) in [6.45, 7) is 0.280. The van der Waals surface area contributed by atoms with Gasteiger partial charge in [0, 0.05) is 17.0 Å². The molecule has 0 aliphatic heterocycles. The van der Waals surface area contributed by atoms with E-state index in [0.717, 1.165) is 12.8 Å². The summed E-state index contributed by atoms with van der Waals surface area (Å²) in [5.74, 6) is 6.28. The van der Waals surface area contributed by atoms with Crippen molar-refractivity contribution < 1.29 is 4.79 Å². The van der Waals surface area contributed by atoms with Crippen LogP contribution in [0.15, 0.2) is 18.2 Å². The van der Waals surface area contributed by atoms with E-state index in [-0.39, 0.29) is 12.5 Å². The molecule has 1 saturated carbocycles. The molecular weight excluding hydrogens is 248 g/mol. The largest absolute Gasteiger partial charge is 0.325 e. The first-order valence-corrected chi connectivity index (χ1v) is 6.35. The maximum Gasteiger partial charge on any atom is 0.224 e. The van der Waals surface area contributed by atoms with Crippen LogP contribution >= 0.6 is 11.6 Å². The average molecular weight is 263 g/mol. The molecule has 0 unspecified atom stereocenters. The first-order valence-electron chi connectivity index (χ1n) is 5.97. The number of hydrogen-bond donors (Lipinski definition) is 2. The van der Waals surface area contributed by atoms with Gasteiger partial charge in [-0.2, -0.15) is 0 Å². The van der Waals surface area contributed by atoms with E-state index in [0.29, 0.717) is 28.6 Å². The van der Waals surface area contributed by atoms with Crippen LogP contribution in [0.2, 0.25) is 5.02 Å². The Morgan fingerprint density at radius 3 is 2.94 bits per heavy atom. The van der Waals surface area contributed by atoms with Crippen LogP contribution in [0.25, 0.3) is 0 Å². The van der Waals surface area contributed by atoms with Gasteiger partial charge in [-0.3, -0.25) is 4.79 Å². The average Bonchev–Trinajstić information content (AvgIpc) is 3.13. The Morgan fingerprint density at radius 2 is 2.28 bits per heavy atom. The Hall–Kier alpha value is -1.50. The minimum Gasteiger partial charge on any atom is -0.325 e. The zero-order valence-electron chi connectivity index (χ0n) is 10.0. The first-order chi connectivity index (χ1) is 8.69. The molecule has 3 nitrogen and oxygen atoms in total. The summed E-state index contributed by atoms with van der Waals surface area (Å²) in [5.41, 5.74) is 6.75. The van der Waals surface area contributed by atoms with Crippen molar-refractivity contribution in [1.29, 1.82) is 0 Å². The summed E-state index contributed by atoms with van der Waals surface area (Å²) in [6.07, 6.45) is 2.91. The van der Waals surface area contributed by atoms with Gasteiger partial charge in [0.05, 0.1) is 12.2 Å². The van der Waals surface area contributed by atoms with E-state index in [1.165, 1.54) is 0 Å². The molecule has 0 heterocycles. The van der Waals surface area contributed by atoms with Crippen LogP contribution < -0.4 is 11.1 Å². The van der Waals surface area contributed by atoms with Gasteiger partial charge in [-0.15, -0.1) is 0 Å². The fourth-order valence-electron chi connectivity index (χ4n) is 1.66. The Morgan fingerprint density at radius 1 is 1.50 bits per heavy atom.